The van der Waals surface area contributed by atoms with Crippen molar-refractivity contribution in [1.82, 2.24) is 0 Å². The predicted molar refractivity (Wildman–Crippen MR) is 129 cm³/mol. The minimum atomic E-state index is -0.524. The first-order valence-electron chi connectivity index (χ1n) is 13.4. The van der Waals surface area contributed by atoms with Gasteiger partial charge in [-0.2, -0.15) is 0 Å². The highest BCUT2D eigenvalue weighted by molar-refractivity contribution is 6.18. The van der Waals surface area contributed by atoms with Crippen LogP contribution < -0.4 is 0 Å². The van der Waals surface area contributed by atoms with Crippen molar-refractivity contribution in [1.29, 1.82) is 0 Å². The average Bonchev–Trinajstić information content (AvgIpc) is 3.31. The quantitative estimate of drug-likeness (QED) is 0.500. The van der Waals surface area contributed by atoms with E-state index in [0.29, 0.717) is 17.6 Å². The lowest BCUT2D eigenvalue weighted by Gasteiger charge is -2.55. The highest BCUT2D eigenvalue weighted by Gasteiger charge is 2.76. The van der Waals surface area contributed by atoms with Crippen LogP contribution in [0.15, 0.2) is 33.6 Å². The van der Waals surface area contributed by atoms with E-state index in [1.807, 2.05) is 0 Å². The Morgan fingerprint density at radius 2 is 1.61 bits per heavy atom. The number of carbonyl (C=O) groups excluding carboxylic acids is 2. The number of fused-ring (bicyclic) bond motifs is 5. The second kappa shape index (κ2) is 6.13. The maximum atomic E-state index is 14.6. The van der Waals surface area contributed by atoms with Crippen molar-refractivity contribution in [3.63, 3.8) is 0 Å². The molecule has 5 atom stereocenters. The fourth-order valence-corrected chi connectivity index (χ4v) is 9.79. The normalized spacial score (nSPS) is 43.2. The molecule has 0 bridgehead atoms. The minimum Gasteiger partial charge on any atom is -0.504 e. The second-order valence-electron chi connectivity index (χ2n) is 13.8. The Morgan fingerprint density at radius 3 is 2.18 bits per heavy atom. The summed E-state index contributed by atoms with van der Waals surface area (Å²) in [5.74, 6) is 1.25. The van der Waals surface area contributed by atoms with Crippen LogP contribution in [0.5, 0.6) is 0 Å². The molecule has 0 heterocycles. The monoisotopic (exact) mass is 448 g/mol. The fraction of sp³-hybridized carbons (Fsp3) is 0.733. The molecule has 33 heavy (non-hydrogen) atoms. The lowest BCUT2D eigenvalue weighted by atomic mass is 9.48. The molecule has 178 valence electrons. The van der Waals surface area contributed by atoms with Crippen LogP contribution in [0.2, 0.25) is 0 Å². The number of aliphatic hydroxyl groups excluding tert-OH is 1. The molecule has 0 aromatic heterocycles. The molecular weight excluding hydrogens is 408 g/mol. The van der Waals surface area contributed by atoms with Crippen LogP contribution in [0.3, 0.4) is 0 Å². The summed E-state index contributed by atoms with van der Waals surface area (Å²) in [6.07, 6.45) is 7.09. The summed E-state index contributed by atoms with van der Waals surface area (Å²) in [6.45, 7) is 15.7. The van der Waals surface area contributed by atoms with Crippen LogP contribution in [-0.4, -0.2) is 16.7 Å². The zero-order valence-corrected chi connectivity index (χ0v) is 21.5. The standard InChI is InChI=1S/C30H40O3/c1-15(2)20-22-21-17(26(33)30(22)12-11-29(16(3)4)14-19(29)30)13-18-27(5,6)9-8-10-28(18,7)23(21)25(32)24(20)31/h15-16,18-19,32H,8-14H2,1-7H3/t18-,19-,28-,29+,30-/m0/s1. The van der Waals surface area contributed by atoms with Crippen molar-refractivity contribution in [2.75, 3.05) is 0 Å². The molecular formula is C30H40O3. The van der Waals surface area contributed by atoms with E-state index < -0.39 is 5.41 Å². The Kier molecular flexibility index (Phi) is 4.06. The van der Waals surface area contributed by atoms with Gasteiger partial charge in [0, 0.05) is 22.1 Å². The number of ketones is 2. The Hall–Kier alpha value is -1.64. The molecule has 0 saturated heterocycles. The Morgan fingerprint density at radius 1 is 0.909 bits per heavy atom. The van der Waals surface area contributed by atoms with E-state index in [-0.39, 0.29) is 39.6 Å². The zero-order valence-electron chi connectivity index (χ0n) is 21.5. The molecule has 0 radical (unpaired) electrons. The fourth-order valence-electron chi connectivity index (χ4n) is 9.79. The zero-order chi connectivity index (χ0) is 23.9. The number of carbonyl (C=O) groups is 2. The number of allylic oxidation sites excluding steroid dienone is 5. The third kappa shape index (κ3) is 2.24. The van der Waals surface area contributed by atoms with Gasteiger partial charge in [-0.1, -0.05) is 54.9 Å². The Labute approximate surface area is 198 Å². The largest absolute Gasteiger partial charge is 0.504 e. The van der Waals surface area contributed by atoms with E-state index >= 15 is 0 Å². The predicted octanol–water partition coefficient (Wildman–Crippen LogP) is 6.89. The van der Waals surface area contributed by atoms with Gasteiger partial charge in [0.25, 0.3) is 0 Å². The lowest BCUT2D eigenvalue weighted by molar-refractivity contribution is -0.123. The molecule has 1 spiro atoms. The smallest absolute Gasteiger partial charge is 0.224 e. The molecule has 0 aromatic carbocycles. The summed E-state index contributed by atoms with van der Waals surface area (Å²) in [7, 11) is 0. The molecule has 0 aliphatic heterocycles. The van der Waals surface area contributed by atoms with Gasteiger partial charge in [0.2, 0.25) is 5.78 Å². The van der Waals surface area contributed by atoms with E-state index in [0.717, 1.165) is 72.8 Å². The molecule has 1 N–H and O–H groups in total. The van der Waals surface area contributed by atoms with E-state index in [2.05, 4.69) is 48.5 Å². The van der Waals surface area contributed by atoms with Gasteiger partial charge in [-0.3, -0.25) is 9.59 Å². The molecule has 3 nitrogen and oxygen atoms in total. The lowest BCUT2D eigenvalue weighted by Crippen LogP contribution is -2.47. The molecule has 6 aliphatic carbocycles. The highest BCUT2D eigenvalue weighted by atomic mass is 16.3. The Balaban J connectivity index is 1.65. The maximum Gasteiger partial charge on any atom is 0.224 e. The van der Waals surface area contributed by atoms with Gasteiger partial charge >= 0.3 is 0 Å². The molecule has 3 saturated carbocycles. The summed E-state index contributed by atoms with van der Waals surface area (Å²) in [4.78, 5) is 28.4. The average molecular weight is 449 g/mol. The summed E-state index contributed by atoms with van der Waals surface area (Å²) < 4.78 is 0. The topological polar surface area (TPSA) is 54.4 Å². The van der Waals surface area contributed by atoms with E-state index in [9.17, 15) is 14.7 Å². The molecule has 3 heteroatoms. The third-order valence-corrected chi connectivity index (χ3v) is 11.5. The van der Waals surface area contributed by atoms with E-state index in [1.54, 1.807) is 0 Å². The van der Waals surface area contributed by atoms with Crippen LogP contribution in [0, 0.1) is 45.3 Å². The number of hydrogen-bond donors (Lipinski definition) is 1. The van der Waals surface area contributed by atoms with E-state index in [1.165, 1.54) is 0 Å². The van der Waals surface area contributed by atoms with Crippen molar-refractivity contribution < 1.29 is 14.7 Å². The summed E-state index contributed by atoms with van der Waals surface area (Å²) in [6, 6.07) is 0. The van der Waals surface area contributed by atoms with Gasteiger partial charge in [0.05, 0.1) is 5.41 Å². The van der Waals surface area contributed by atoms with Crippen molar-refractivity contribution in [2.45, 2.75) is 93.4 Å². The molecule has 0 amide bonds. The molecule has 6 aliphatic rings. The summed E-state index contributed by atoms with van der Waals surface area (Å²) in [5.41, 5.74) is 4.20. The van der Waals surface area contributed by atoms with Gasteiger partial charge in [-0.25, -0.2) is 0 Å². The maximum absolute atomic E-state index is 14.6. The number of rotatable bonds is 2. The molecule has 6 rings (SSSR count). The van der Waals surface area contributed by atoms with Crippen LogP contribution in [0.1, 0.15) is 93.4 Å². The van der Waals surface area contributed by atoms with Gasteiger partial charge in [0.1, 0.15) is 0 Å². The van der Waals surface area contributed by atoms with Crippen molar-refractivity contribution in [2.24, 2.45) is 45.3 Å². The SMILES string of the molecule is CC(C)C1=C2C3=C(C[C@H]4C(C)(C)CCC[C@]4(C)C3=C(O)C1=O)C(=O)[C@]21CC[C@]2(C(C)C)C[C@H]12. The first-order chi connectivity index (χ1) is 15.3. The van der Waals surface area contributed by atoms with Crippen LogP contribution >= 0.6 is 0 Å². The third-order valence-electron chi connectivity index (χ3n) is 11.5. The van der Waals surface area contributed by atoms with Crippen LogP contribution in [-0.2, 0) is 9.59 Å². The van der Waals surface area contributed by atoms with Crippen molar-refractivity contribution >= 4 is 11.6 Å². The molecule has 0 unspecified atom stereocenters. The second-order valence-corrected chi connectivity index (χ2v) is 13.8. The molecule has 3 fully saturated rings. The summed E-state index contributed by atoms with van der Waals surface area (Å²) in [5, 5.41) is 11.5. The number of aliphatic hydroxyl groups is 1. The van der Waals surface area contributed by atoms with Gasteiger partial charge < -0.3 is 5.11 Å². The Bertz CT molecular complexity index is 1110. The van der Waals surface area contributed by atoms with E-state index in [4.69, 9.17) is 0 Å². The van der Waals surface area contributed by atoms with Crippen molar-refractivity contribution in [3.05, 3.63) is 33.6 Å². The van der Waals surface area contributed by atoms with Crippen molar-refractivity contribution in [3.8, 4) is 0 Å². The highest BCUT2D eigenvalue weighted by Crippen LogP contribution is 2.80. The van der Waals surface area contributed by atoms with Crippen LogP contribution in [0.4, 0.5) is 0 Å². The van der Waals surface area contributed by atoms with Gasteiger partial charge in [-0.15, -0.1) is 0 Å². The number of Topliss-reactive ketones (excluding diaryl/α,β-unsaturated/α-hetero) is 2. The van der Waals surface area contributed by atoms with Crippen LogP contribution in [0.25, 0.3) is 0 Å². The summed E-state index contributed by atoms with van der Waals surface area (Å²) >= 11 is 0. The van der Waals surface area contributed by atoms with Gasteiger partial charge in [0.15, 0.2) is 11.5 Å². The first-order valence-corrected chi connectivity index (χ1v) is 13.4. The minimum absolute atomic E-state index is 0.00569. The van der Waals surface area contributed by atoms with Gasteiger partial charge in [-0.05, 0) is 84.2 Å². The number of hydrogen-bond acceptors (Lipinski definition) is 3. The molecule has 0 aromatic rings. The first kappa shape index (κ1) is 21.9.